The minimum absolute atomic E-state index is 0.181. The monoisotopic (exact) mass is 388 g/mol. The molecule has 0 saturated heterocycles. The molecule has 5 rings (SSSR count). The predicted molar refractivity (Wildman–Crippen MR) is 104 cm³/mol. The van der Waals surface area contributed by atoms with Crippen molar-refractivity contribution in [3.05, 3.63) is 70.9 Å². The summed E-state index contributed by atoms with van der Waals surface area (Å²) < 4.78 is 15.6. The van der Waals surface area contributed by atoms with Gasteiger partial charge in [-0.3, -0.25) is 9.59 Å². The normalized spacial score (nSPS) is 11.4. The van der Waals surface area contributed by atoms with Crippen molar-refractivity contribution in [2.24, 2.45) is 0 Å². The lowest BCUT2D eigenvalue weighted by Gasteiger charge is -2.03. The first-order valence-corrected chi connectivity index (χ1v) is 8.75. The van der Waals surface area contributed by atoms with Crippen LogP contribution in [-0.4, -0.2) is 35.3 Å². The van der Waals surface area contributed by atoms with E-state index < -0.39 is 0 Å². The topological polar surface area (TPSA) is 97.9 Å². The maximum Gasteiger partial charge on any atom is 0.276 e. The van der Waals surface area contributed by atoms with Gasteiger partial charge in [-0.2, -0.15) is 14.6 Å². The number of hydrogen-bond acceptors (Lipinski definition) is 5. The Bertz CT molecular complexity index is 1460. The summed E-state index contributed by atoms with van der Waals surface area (Å²) in [5, 5.41) is 9.06. The first-order chi connectivity index (χ1) is 14.0. The van der Waals surface area contributed by atoms with Crippen LogP contribution >= 0.6 is 0 Å². The van der Waals surface area contributed by atoms with Crippen LogP contribution in [0.3, 0.4) is 0 Å². The zero-order chi connectivity index (χ0) is 20.1. The Kier molecular flexibility index (Phi) is 3.63. The van der Waals surface area contributed by atoms with Gasteiger partial charge in [0.15, 0.2) is 5.82 Å². The van der Waals surface area contributed by atoms with Crippen molar-refractivity contribution < 1.29 is 9.18 Å². The Balaban J connectivity index is 1.62. The Morgan fingerprint density at radius 2 is 1.83 bits per heavy atom. The van der Waals surface area contributed by atoms with Crippen LogP contribution in [0.5, 0.6) is 0 Å². The molecule has 9 heteroatoms. The highest BCUT2D eigenvalue weighted by molar-refractivity contribution is 5.91. The van der Waals surface area contributed by atoms with Crippen molar-refractivity contribution in [2.45, 2.75) is 6.92 Å². The van der Waals surface area contributed by atoms with Gasteiger partial charge >= 0.3 is 0 Å². The molecule has 3 heterocycles. The Morgan fingerprint density at radius 1 is 1.07 bits per heavy atom. The van der Waals surface area contributed by atoms with Crippen LogP contribution in [0.1, 0.15) is 11.7 Å². The van der Waals surface area contributed by atoms with Gasteiger partial charge in [0.2, 0.25) is 11.7 Å². The number of halogens is 1. The van der Waals surface area contributed by atoms with E-state index in [0.29, 0.717) is 22.6 Å². The Labute approximate surface area is 162 Å². The molecule has 0 amide bonds. The predicted octanol–water partition coefficient (Wildman–Crippen LogP) is 2.90. The van der Waals surface area contributed by atoms with Gasteiger partial charge in [-0.1, -0.05) is 6.07 Å². The van der Waals surface area contributed by atoms with Gasteiger partial charge in [-0.25, -0.2) is 9.07 Å². The number of aromatic amines is 1. The molecule has 0 aliphatic rings. The summed E-state index contributed by atoms with van der Waals surface area (Å²) in [6, 6.07) is 12.5. The average molecular weight is 388 g/mol. The summed E-state index contributed by atoms with van der Waals surface area (Å²) in [5.41, 5.74) is 2.23. The molecule has 29 heavy (non-hydrogen) atoms. The van der Waals surface area contributed by atoms with Crippen LogP contribution in [0.15, 0.2) is 59.5 Å². The number of carbonyl (C=O) groups is 1. The fourth-order valence-corrected chi connectivity index (χ4v) is 3.22. The number of nitrogens with zero attached hydrogens (tertiary/aromatic N) is 5. The summed E-state index contributed by atoms with van der Waals surface area (Å²) in [5.74, 6) is 0.0405. The second-order valence-corrected chi connectivity index (χ2v) is 6.55. The highest BCUT2D eigenvalue weighted by Crippen LogP contribution is 2.23. The highest BCUT2D eigenvalue weighted by Gasteiger charge is 2.13. The van der Waals surface area contributed by atoms with Crippen LogP contribution < -0.4 is 5.56 Å². The van der Waals surface area contributed by atoms with Crippen LogP contribution in [0.2, 0.25) is 0 Å². The number of H-pyrrole nitrogens is 1. The SMILES string of the molecule is CC(=O)n1ncc2cc(-c3cc(=O)n4nc(-c5ccc(F)cc5)nc4[nH]3)ccc21. The molecule has 0 bridgehead atoms. The van der Waals surface area contributed by atoms with Crippen LogP contribution in [-0.2, 0) is 0 Å². The number of aromatic nitrogens is 6. The van der Waals surface area contributed by atoms with E-state index in [9.17, 15) is 14.0 Å². The lowest BCUT2D eigenvalue weighted by atomic mass is 10.1. The third-order valence-corrected chi connectivity index (χ3v) is 4.61. The highest BCUT2D eigenvalue weighted by atomic mass is 19.1. The summed E-state index contributed by atoms with van der Waals surface area (Å²) >= 11 is 0. The fourth-order valence-electron chi connectivity index (χ4n) is 3.22. The molecule has 2 aromatic carbocycles. The molecule has 1 N–H and O–H groups in total. The lowest BCUT2D eigenvalue weighted by Crippen LogP contribution is -2.14. The molecular weight excluding hydrogens is 375 g/mol. The third-order valence-electron chi connectivity index (χ3n) is 4.61. The van der Waals surface area contributed by atoms with E-state index in [2.05, 4.69) is 20.2 Å². The molecule has 0 saturated carbocycles. The Hall–Kier alpha value is -4.14. The zero-order valence-corrected chi connectivity index (χ0v) is 15.1. The van der Waals surface area contributed by atoms with E-state index in [1.165, 1.54) is 29.8 Å². The number of hydrogen-bond donors (Lipinski definition) is 1. The van der Waals surface area contributed by atoms with E-state index in [4.69, 9.17) is 0 Å². The molecule has 0 fully saturated rings. The maximum absolute atomic E-state index is 13.1. The quantitative estimate of drug-likeness (QED) is 0.501. The van der Waals surface area contributed by atoms with E-state index in [1.807, 2.05) is 6.07 Å². The number of nitrogens with one attached hydrogen (secondary N) is 1. The molecule has 0 radical (unpaired) electrons. The number of carbonyl (C=O) groups excluding carboxylic acids is 1. The molecule has 0 spiro atoms. The molecule has 5 aromatic rings. The average Bonchev–Trinajstić information content (AvgIpc) is 3.32. The molecule has 0 unspecified atom stereocenters. The van der Waals surface area contributed by atoms with Crippen molar-refractivity contribution in [3.8, 4) is 22.6 Å². The summed E-state index contributed by atoms with van der Waals surface area (Å²) in [7, 11) is 0. The second-order valence-electron chi connectivity index (χ2n) is 6.55. The van der Waals surface area contributed by atoms with Gasteiger partial charge in [0.1, 0.15) is 5.82 Å². The first-order valence-electron chi connectivity index (χ1n) is 8.75. The van der Waals surface area contributed by atoms with Gasteiger partial charge in [0.05, 0.1) is 17.4 Å². The second kappa shape index (κ2) is 6.20. The zero-order valence-electron chi connectivity index (χ0n) is 15.1. The van der Waals surface area contributed by atoms with Crippen molar-refractivity contribution >= 4 is 22.6 Å². The molecular formula is C20H13FN6O2. The van der Waals surface area contributed by atoms with E-state index in [0.717, 1.165) is 15.5 Å². The molecule has 0 atom stereocenters. The number of benzene rings is 2. The summed E-state index contributed by atoms with van der Waals surface area (Å²) in [4.78, 5) is 31.6. The molecule has 142 valence electrons. The van der Waals surface area contributed by atoms with E-state index >= 15 is 0 Å². The number of fused-ring (bicyclic) bond motifs is 2. The van der Waals surface area contributed by atoms with Crippen molar-refractivity contribution in [1.82, 2.24) is 29.4 Å². The van der Waals surface area contributed by atoms with Gasteiger partial charge in [0.25, 0.3) is 5.56 Å². The van der Waals surface area contributed by atoms with Crippen molar-refractivity contribution in [2.75, 3.05) is 0 Å². The molecule has 3 aromatic heterocycles. The standard InChI is InChI=1S/C20H13FN6O2/c1-11(28)26-17-7-4-13(8-14(17)10-22-26)16-9-18(29)27-20(23-16)24-19(25-27)12-2-5-15(21)6-3-12/h2-10H,1H3,(H,23,24,25). The lowest BCUT2D eigenvalue weighted by molar-refractivity contribution is 0.0927. The van der Waals surface area contributed by atoms with Crippen molar-refractivity contribution in [3.63, 3.8) is 0 Å². The number of rotatable bonds is 2. The van der Waals surface area contributed by atoms with Gasteiger partial charge in [-0.15, -0.1) is 5.10 Å². The van der Waals surface area contributed by atoms with Gasteiger partial charge < -0.3 is 4.98 Å². The molecule has 0 aliphatic heterocycles. The van der Waals surface area contributed by atoms with Crippen LogP contribution in [0.25, 0.3) is 39.3 Å². The van der Waals surface area contributed by atoms with Crippen LogP contribution in [0.4, 0.5) is 4.39 Å². The van der Waals surface area contributed by atoms with E-state index in [1.54, 1.807) is 30.5 Å². The van der Waals surface area contributed by atoms with Crippen LogP contribution in [0, 0.1) is 5.82 Å². The minimum Gasteiger partial charge on any atom is -0.323 e. The minimum atomic E-state index is -0.362. The fraction of sp³-hybridized carbons (Fsp3) is 0.0500. The summed E-state index contributed by atoms with van der Waals surface area (Å²) in [6.07, 6.45) is 1.60. The van der Waals surface area contributed by atoms with Gasteiger partial charge in [0, 0.05) is 23.9 Å². The first kappa shape index (κ1) is 17.0. The Morgan fingerprint density at radius 3 is 2.59 bits per heavy atom. The summed E-state index contributed by atoms with van der Waals surface area (Å²) in [6.45, 7) is 1.44. The maximum atomic E-state index is 13.1. The van der Waals surface area contributed by atoms with Crippen molar-refractivity contribution in [1.29, 1.82) is 0 Å². The molecule has 0 aliphatic carbocycles. The van der Waals surface area contributed by atoms with E-state index in [-0.39, 0.29) is 23.1 Å². The smallest absolute Gasteiger partial charge is 0.276 e. The molecule has 8 nitrogen and oxygen atoms in total. The third kappa shape index (κ3) is 2.80. The van der Waals surface area contributed by atoms with Gasteiger partial charge in [-0.05, 0) is 42.0 Å². The largest absolute Gasteiger partial charge is 0.323 e.